The van der Waals surface area contributed by atoms with E-state index in [1.54, 1.807) is 0 Å². The number of alkyl halides is 1. The molecule has 0 heterocycles. The lowest BCUT2D eigenvalue weighted by Gasteiger charge is -2.65. The van der Waals surface area contributed by atoms with E-state index in [4.69, 9.17) is 0 Å². The van der Waals surface area contributed by atoms with Crippen molar-refractivity contribution in [3.8, 4) is 0 Å². The molecule has 0 saturated heterocycles. The first-order chi connectivity index (χ1) is 13.9. The zero-order valence-electron chi connectivity index (χ0n) is 19.7. The molecule has 0 bridgehead atoms. The molecule has 0 aromatic carbocycles. The van der Waals surface area contributed by atoms with Crippen molar-refractivity contribution in [3.63, 3.8) is 0 Å². The van der Waals surface area contributed by atoms with Crippen LogP contribution in [0.25, 0.3) is 0 Å². The highest BCUT2D eigenvalue weighted by atomic mass is 19.1. The second-order valence-electron chi connectivity index (χ2n) is 12.7. The Kier molecular flexibility index (Phi) is 5.50. The van der Waals surface area contributed by atoms with E-state index in [1.807, 2.05) is 6.92 Å². The summed E-state index contributed by atoms with van der Waals surface area (Å²) in [6.45, 7) is 10.2. The van der Waals surface area contributed by atoms with Gasteiger partial charge in [-0.2, -0.15) is 0 Å². The first-order valence-electron chi connectivity index (χ1n) is 12.4. The van der Waals surface area contributed by atoms with Gasteiger partial charge in [-0.25, -0.2) is 4.39 Å². The van der Waals surface area contributed by atoms with Crippen LogP contribution in [0, 0.1) is 46.3 Å². The largest absolute Gasteiger partial charge is 0.390 e. The van der Waals surface area contributed by atoms with E-state index in [0.717, 1.165) is 38.5 Å². The molecule has 4 aliphatic rings. The Hall–Kier alpha value is -0.480. The van der Waals surface area contributed by atoms with E-state index in [2.05, 4.69) is 27.7 Å². The number of carbonyl (C=O) groups is 1. The lowest BCUT2D eigenvalue weighted by Crippen LogP contribution is -2.64. The average molecular weight is 423 g/mol. The van der Waals surface area contributed by atoms with Crippen LogP contribution in [0.4, 0.5) is 4.39 Å². The van der Waals surface area contributed by atoms with Crippen molar-refractivity contribution in [2.75, 3.05) is 6.61 Å². The molecule has 9 atom stereocenters. The van der Waals surface area contributed by atoms with E-state index < -0.39 is 16.7 Å². The quantitative estimate of drug-likeness (QED) is 0.644. The number of hydrogen-bond acceptors (Lipinski definition) is 3. The number of Topliss-reactive ketones (excluding diaryl/α,β-unsaturated/α-hetero) is 1. The van der Waals surface area contributed by atoms with Gasteiger partial charge in [0.05, 0.1) is 5.60 Å². The van der Waals surface area contributed by atoms with Crippen LogP contribution in [0.3, 0.4) is 0 Å². The van der Waals surface area contributed by atoms with E-state index >= 15 is 4.39 Å². The maximum Gasteiger partial charge on any atom is 0.161 e. The van der Waals surface area contributed by atoms with Crippen molar-refractivity contribution in [2.45, 2.75) is 104 Å². The Labute approximate surface area is 182 Å². The lowest BCUT2D eigenvalue weighted by atomic mass is 9.41. The molecule has 2 N–H and O–H groups in total. The number of rotatable bonds is 4. The van der Waals surface area contributed by atoms with Crippen LogP contribution in [0.15, 0.2) is 0 Å². The molecular weight excluding hydrogens is 379 g/mol. The molecule has 4 fully saturated rings. The van der Waals surface area contributed by atoms with Gasteiger partial charge in [-0.05, 0) is 99.7 Å². The van der Waals surface area contributed by atoms with Gasteiger partial charge in [-0.1, -0.05) is 27.7 Å². The van der Waals surface area contributed by atoms with E-state index in [9.17, 15) is 15.0 Å². The minimum Gasteiger partial charge on any atom is -0.390 e. The Morgan fingerprint density at radius 3 is 2.37 bits per heavy atom. The smallest absolute Gasteiger partial charge is 0.161 e. The summed E-state index contributed by atoms with van der Waals surface area (Å²) >= 11 is 0. The molecule has 172 valence electrons. The maximum atomic E-state index is 17.1. The zero-order chi connectivity index (χ0) is 22.1. The minimum atomic E-state index is -1.27. The van der Waals surface area contributed by atoms with Crippen molar-refractivity contribution in [1.29, 1.82) is 0 Å². The van der Waals surface area contributed by atoms with Gasteiger partial charge in [0.15, 0.2) is 5.78 Å². The monoisotopic (exact) mass is 422 g/mol. The summed E-state index contributed by atoms with van der Waals surface area (Å²) < 4.78 is 17.1. The lowest BCUT2D eigenvalue weighted by molar-refractivity contribution is -0.215. The molecule has 0 spiro atoms. The van der Waals surface area contributed by atoms with Crippen LogP contribution in [0.2, 0.25) is 0 Å². The summed E-state index contributed by atoms with van der Waals surface area (Å²) in [5.41, 5.74) is -2.61. The van der Waals surface area contributed by atoms with E-state index in [-0.39, 0.29) is 29.6 Å². The topological polar surface area (TPSA) is 57.5 Å². The molecular formula is C26H43FO3. The number of fused-ring (bicyclic) bond motifs is 5. The van der Waals surface area contributed by atoms with Crippen molar-refractivity contribution >= 4 is 5.78 Å². The summed E-state index contributed by atoms with van der Waals surface area (Å²) in [6.07, 6.45) is 7.30. The first kappa shape index (κ1) is 22.7. The molecule has 9 unspecified atom stereocenters. The minimum absolute atomic E-state index is 0.0125. The molecule has 4 rings (SSSR count). The van der Waals surface area contributed by atoms with E-state index in [1.165, 1.54) is 0 Å². The van der Waals surface area contributed by atoms with Crippen LogP contribution in [0.1, 0.15) is 92.4 Å². The number of halogens is 1. The molecule has 30 heavy (non-hydrogen) atoms. The van der Waals surface area contributed by atoms with Gasteiger partial charge in [0, 0.05) is 11.3 Å². The van der Waals surface area contributed by atoms with Gasteiger partial charge in [-0.3, -0.25) is 4.79 Å². The number of ketones is 1. The second kappa shape index (κ2) is 7.27. The molecule has 0 aliphatic heterocycles. The predicted octanol–water partition coefficient (Wildman–Crippen LogP) is 5.32. The van der Waals surface area contributed by atoms with Crippen molar-refractivity contribution < 1.29 is 19.4 Å². The molecule has 4 aliphatic carbocycles. The van der Waals surface area contributed by atoms with Gasteiger partial charge in [0.2, 0.25) is 0 Å². The maximum absolute atomic E-state index is 17.1. The van der Waals surface area contributed by atoms with Crippen LogP contribution in [0.5, 0.6) is 0 Å². The van der Waals surface area contributed by atoms with Gasteiger partial charge in [0.1, 0.15) is 12.3 Å². The Morgan fingerprint density at radius 2 is 1.73 bits per heavy atom. The highest BCUT2D eigenvalue weighted by molar-refractivity contribution is 5.83. The Bertz CT molecular complexity index is 690. The van der Waals surface area contributed by atoms with Crippen LogP contribution >= 0.6 is 0 Å². The number of aliphatic hydroxyl groups is 2. The second-order valence-corrected chi connectivity index (χ2v) is 12.7. The van der Waals surface area contributed by atoms with Crippen LogP contribution in [-0.4, -0.2) is 33.9 Å². The van der Waals surface area contributed by atoms with Gasteiger partial charge >= 0.3 is 0 Å². The normalized spacial score (nSPS) is 53.2. The third-order valence-electron chi connectivity index (χ3n) is 10.4. The van der Waals surface area contributed by atoms with Crippen molar-refractivity contribution in [2.24, 2.45) is 46.3 Å². The summed E-state index contributed by atoms with van der Waals surface area (Å²) in [7, 11) is 0. The van der Waals surface area contributed by atoms with Crippen LogP contribution in [-0.2, 0) is 4.79 Å². The molecule has 0 aromatic heterocycles. The fraction of sp³-hybridized carbons (Fsp3) is 0.962. The van der Waals surface area contributed by atoms with E-state index in [0.29, 0.717) is 42.9 Å². The van der Waals surface area contributed by atoms with Crippen LogP contribution < -0.4 is 0 Å². The fourth-order valence-electron chi connectivity index (χ4n) is 9.29. The van der Waals surface area contributed by atoms with Crippen molar-refractivity contribution in [1.82, 2.24) is 0 Å². The average Bonchev–Trinajstić information content (AvgIpc) is 2.98. The third-order valence-corrected chi connectivity index (χ3v) is 10.4. The Balaban J connectivity index is 1.71. The number of carbonyl (C=O) groups excluding carboxylic acids is 1. The number of hydrogen-bond donors (Lipinski definition) is 2. The SMILES string of the molecule is CC(C)CC1(F)CC2C(CCC3(C)C(C(=O)CO)CCC23)C2CCC(C)(O)CC21C. The summed E-state index contributed by atoms with van der Waals surface area (Å²) in [6, 6.07) is 0. The molecule has 4 saturated carbocycles. The molecule has 0 radical (unpaired) electrons. The third kappa shape index (κ3) is 3.22. The highest BCUT2D eigenvalue weighted by Gasteiger charge is 2.68. The Morgan fingerprint density at radius 1 is 1.03 bits per heavy atom. The summed E-state index contributed by atoms with van der Waals surface area (Å²) in [5.74, 6) is 1.73. The zero-order valence-corrected chi connectivity index (χ0v) is 19.7. The fourth-order valence-corrected chi connectivity index (χ4v) is 9.29. The standard InChI is InChI=1S/C26H43FO3/c1-16(2)12-26(27)13-18-17(20-9-10-23(3,30)15-25(20,26)5)8-11-24(4)19(18)6-7-21(24)22(29)14-28/h16-21,28,30H,6-15H2,1-5H3. The summed E-state index contributed by atoms with van der Waals surface area (Å²) in [4.78, 5) is 12.5. The molecule has 3 nitrogen and oxygen atoms in total. The van der Waals surface area contributed by atoms with Gasteiger partial charge in [0.25, 0.3) is 0 Å². The van der Waals surface area contributed by atoms with Crippen molar-refractivity contribution in [3.05, 3.63) is 0 Å². The summed E-state index contributed by atoms with van der Waals surface area (Å²) in [5, 5.41) is 20.4. The number of aliphatic hydroxyl groups excluding tert-OH is 1. The predicted molar refractivity (Wildman–Crippen MR) is 117 cm³/mol. The molecule has 0 aromatic rings. The van der Waals surface area contributed by atoms with Gasteiger partial charge in [-0.15, -0.1) is 0 Å². The highest BCUT2D eigenvalue weighted by Crippen LogP contribution is 2.70. The first-order valence-corrected chi connectivity index (χ1v) is 12.4. The van der Waals surface area contributed by atoms with Gasteiger partial charge < -0.3 is 10.2 Å². The molecule has 0 amide bonds. The molecule has 4 heteroatoms.